The van der Waals surface area contributed by atoms with Crippen molar-refractivity contribution in [3.8, 4) is 0 Å². The van der Waals surface area contributed by atoms with E-state index in [0.29, 0.717) is 25.8 Å². The van der Waals surface area contributed by atoms with Crippen LogP contribution in [0.5, 0.6) is 0 Å². The molecule has 2 atom stereocenters. The van der Waals surface area contributed by atoms with E-state index in [1.807, 2.05) is 0 Å². The minimum atomic E-state index is -1.09. The minimum Gasteiger partial charge on any atom is -0.480 e. The number of alkyl halides is 1. The van der Waals surface area contributed by atoms with Crippen molar-refractivity contribution in [2.45, 2.75) is 35.6 Å². The highest BCUT2D eigenvalue weighted by Gasteiger charge is 2.22. The Bertz CT molecular complexity index is 436. The lowest BCUT2D eigenvalue weighted by atomic mass is 10.2. The third-order valence-corrected chi connectivity index (χ3v) is 4.49. The number of carboxylic acids is 1. The molecule has 2 unspecified atom stereocenters. The van der Waals surface area contributed by atoms with E-state index in [0.717, 1.165) is 0 Å². The summed E-state index contributed by atoms with van der Waals surface area (Å²) in [6.07, 6.45) is 3.28. The first-order valence-corrected chi connectivity index (χ1v) is 9.49. The normalized spacial score (nSPS) is 13.0. The molecule has 0 radical (unpaired) electrons. The maximum Gasteiger partial charge on any atom is 0.316 e. The van der Waals surface area contributed by atoms with Crippen LogP contribution in [0.25, 0.3) is 0 Å². The summed E-state index contributed by atoms with van der Waals surface area (Å²) in [4.78, 5) is 45.3. The molecule has 23 heavy (non-hydrogen) atoms. The summed E-state index contributed by atoms with van der Waals surface area (Å²) in [5, 5.41) is 13.9. The molecule has 0 aromatic rings. The zero-order valence-corrected chi connectivity index (χ0v) is 15.8. The second-order valence-corrected chi connectivity index (χ2v) is 7.06. The monoisotopic (exact) mass is 459 g/mol. The Morgan fingerprint density at radius 1 is 1.26 bits per heavy atom. The van der Waals surface area contributed by atoms with Crippen LogP contribution in [0.1, 0.15) is 25.7 Å². The Kier molecular flexibility index (Phi) is 12.1. The third-order valence-electron chi connectivity index (χ3n) is 2.85. The zero-order valence-electron chi connectivity index (χ0n) is 12.8. The summed E-state index contributed by atoms with van der Waals surface area (Å²) in [6, 6.07) is -0.896. The number of nitrogens with two attached hydrogens (primary N) is 1. The van der Waals surface area contributed by atoms with E-state index in [1.165, 1.54) is 11.8 Å². The topological polar surface area (TPSA) is 139 Å². The van der Waals surface area contributed by atoms with Crippen molar-refractivity contribution >= 4 is 57.3 Å². The number of thioether (sulfide) groups is 1. The first kappa shape index (κ1) is 22.1. The van der Waals surface area contributed by atoms with Gasteiger partial charge in [-0.25, -0.2) is 0 Å². The summed E-state index contributed by atoms with van der Waals surface area (Å²) < 4.78 is -0.858. The van der Waals surface area contributed by atoms with Crippen LogP contribution in [0, 0.1) is 0 Å². The number of carboxylic acid groups (broad SMARTS) is 1. The highest BCUT2D eigenvalue weighted by Crippen LogP contribution is 2.06. The quantitative estimate of drug-likeness (QED) is 0.192. The average Bonchev–Trinajstić information content (AvgIpc) is 2.51. The number of carbonyl (C=O) groups is 4. The molecule has 0 heterocycles. The lowest BCUT2D eigenvalue weighted by molar-refractivity contribution is -0.137. The SMILES string of the molecule is CSC(=O)CCCCNC(=O)C(CN)NC(=O)CC(I)C(=O)O. The number of amides is 2. The highest BCUT2D eigenvalue weighted by molar-refractivity contribution is 14.1. The van der Waals surface area contributed by atoms with Crippen molar-refractivity contribution in [1.82, 2.24) is 10.6 Å². The van der Waals surface area contributed by atoms with Gasteiger partial charge in [-0.05, 0) is 19.1 Å². The van der Waals surface area contributed by atoms with Gasteiger partial charge in [-0.15, -0.1) is 0 Å². The molecule has 5 N–H and O–H groups in total. The number of nitrogens with one attached hydrogen (secondary N) is 2. The van der Waals surface area contributed by atoms with Gasteiger partial charge in [0.2, 0.25) is 11.8 Å². The average molecular weight is 459 g/mol. The number of carbonyl (C=O) groups excluding carboxylic acids is 3. The minimum absolute atomic E-state index is 0.0818. The fraction of sp³-hybridized carbons (Fsp3) is 0.692. The van der Waals surface area contributed by atoms with Gasteiger partial charge in [-0.1, -0.05) is 34.4 Å². The van der Waals surface area contributed by atoms with E-state index < -0.39 is 27.8 Å². The molecule has 8 nitrogen and oxygen atoms in total. The van der Waals surface area contributed by atoms with Crippen molar-refractivity contribution in [1.29, 1.82) is 0 Å². The van der Waals surface area contributed by atoms with Crippen LogP contribution in [-0.4, -0.2) is 57.3 Å². The predicted octanol–water partition coefficient (Wildman–Crippen LogP) is -0.116. The molecular weight excluding hydrogens is 437 g/mol. The van der Waals surface area contributed by atoms with Gasteiger partial charge in [0, 0.05) is 25.9 Å². The molecule has 0 spiro atoms. The van der Waals surface area contributed by atoms with Gasteiger partial charge in [0.25, 0.3) is 0 Å². The Balaban J connectivity index is 4.09. The van der Waals surface area contributed by atoms with E-state index in [9.17, 15) is 19.2 Å². The number of hydrogen-bond donors (Lipinski definition) is 4. The summed E-state index contributed by atoms with van der Waals surface area (Å²) in [5.41, 5.74) is 5.46. The van der Waals surface area contributed by atoms with Crippen LogP contribution in [0.15, 0.2) is 0 Å². The molecule has 10 heteroatoms. The van der Waals surface area contributed by atoms with Crippen LogP contribution in [0.3, 0.4) is 0 Å². The maximum absolute atomic E-state index is 11.9. The van der Waals surface area contributed by atoms with Gasteiger partial charge in [-0.2, -0.15) is 0 Å². The molecule has 0 fully saturated rings. The van der Waals surface area contributed by atoms with Gasteiger partial charge in [0.15, 0.2) is 5.12 Å². The molecule has 0 saturated heterocycles. The van der Waals surface area contributed by atoms with Crippen molar-refractivity contribution in [2.24, 2.45) is 5.73 Å². The Morgan fingerprint density at radius 3 is 2.43 bits per heavy atom. The molecule has 0 rings (SSSR count). The van der Waals surface area contributed by atoms with E-state index in [4.69, 9.17) is 10.8 Å². The van der Waals surface area contributed by atoms with Crippen molar-refractivity contribution in [2.75, 3.05) is 19.3 Å². The fourth-order valence-electron chi connectivity index (χ4n) is 1.57. The van der Waals surface area contributed by atoms with Crippen LogP contribution < -0.4 is 16.4 Å². The molecule has 132 valence electrons. The molecule has 0 aromatic heterocycles. The van der Waals surface area contributed by atoms with Crippen molar-refractivity contribution < 1.29 is 24.3 Å². The summed E-state index contributed by atoms with van der Waals surface area (Å²) in [6.45, 7) is 0.304. The van der Waals surface area contributed by atoms with Gasteiger partial charge < -0.3 is 21.5 Å². The van der Waals surface area contributed by atoms with Crippen LogP contribution in [0.2, 0.25) is 0 Å². The third kappa shape index (κ3) is 10.5. The summed E-state index contributed by atoms with van der Waals surface area (Å²) in [7, 11) is 0. The fourth-order valence-corrected chi connectivity index (χ4v) is 2.31. The van der Waals surface area contributed by atoms with Crippen molar-refractivity contribution in [3.05, 3.63) is 0 Å². The van der Waals surface area contributed by atoms with E-state index in [-0.39, 0.29) is 18.1 Å². The molecule has 0 saturated carbocycles. The molecule has 0 bridgehead atoms. The second-order valence-electron chi connectivity index (χ2n) is 4.69. The number of halogens is 1. The zero-order chi connectivity index (χ0) is 17.8. The lowest BCUT2D eigenvalue weighted by Crippen LogP contribution is -2.51. The first-order chi connectivity index (χ1) is 10.8. The van der Waals surface area contributed by atoms with Gasteiger partial charge in [-0.3, -0.25) is 19.2 Å². The standard InChI is InChI=1S/C13H22IN3O5S/c1-23-11(19)4-2-3-5-16-12(20)9(7-15)17-10(18)6-8(14)13(21)22/h8-9H,2-7,15H2,1H3,(H,16,20)(H,17,18)(H,21,22). The highest BCUT2D eigenvalue weighted by atomic mass is 127. The Labute approximate surface area is 152 Å². The van der Waals surface area contributed by atoms with Gasteiger partial charge >= 0.3 is 5.97 Å². The number of aliphatic carboxylic acids is 1. The van der Waals surface area contributed by atoms with Crippen LogP contribution in [-0.2, 0) is 19.2 Å². The van der Waals surface area contributed by atoms with Gasteiger partial charge in [0.05, 0.1) is 0 Å². The molecule has 0 aliphatic carbocycles. The lowest BCUT2D eigenvalue weighted by Gasteiger charge is -2.17. The second kappa shape index (κ2) is 12.5. The number of rotatable bonds is 11. The summed E-state index contributed by atoms with van der Waals surface area (Å²) in [5.74, 6) is -2.05. The van der Waals surface area contributed by atoms with E-state index in [1.54, 1.807) is 28.8 Å². The maximum atomic E-state index is 11.9. The number of unbranched alkanes of at least 4 members (excludes halogenated alkanes) is 1. The predicted molar refractivity (Wildman–Crippen MR) is 96.4 cm³/mol. The smallest absolute Gasteiger partial charge is 0.316 e. The van der Waals surface area contributed by atoms with Crippen LogP contribution >= 0.6 is 34.4 Å². The summed E-state index contributed by atoms with van der Waals surface area (Å²) >= 11 is 2.82. The molecule has 2 amide bonds. The van der Waals surface area contributed by atoms with Crippen molar-refractivity contribution in [3.63, 3.8) is 0 Å². The largest absolute Gasteiger partial charge is 0.480 e. The van der Waals surface area contributed by atoms with E-state index in [2.05, 4.69) is 10.6 Å². The van der Waals surface area contributed by atoms with Crippen LogP contribution in [0.4, 0.5) is 0 Å². The molecular formula is C13H22IN3O5S. The number of hydrogen-bond acceptors (Lipinski definition) is 6. The molecule has 0 aliphatic rings. The Morgan fingerprint density at radius 2 is 1.91 bits per heavy atom. The Hall–Kier alpha value is -0.880. The van der Waals surface area contributed by atoms with Gasteiger partial charge in [0.1, 0.15) is 9.97 Å². The first-order valence-electron chi connectivity index (χ1n) is 7.02. The molecule has 0 aromatic carbocycles. The molecule has 0 aliphatic heterocycles. The van der Waals surface area contributed by atoms with E-state index >= 15 is 0 Å².